The summed E-state index contributed by atoms with van der Waals surface area (Å²) in [5.41, 5.74) is 0.411. The first-order chi connectivity index (χ1) is 8.52. The Morgan fingerprint density at radius 1 is 1.22 bits per heavy atom. The van der Waals surface area contributed by atoms with Crippen molar-refractivity contribution in [1.29, 1.82) is 0 Å². The number of rotatable bonds is 2. The van der Waals surface area contributed by atoms with E-state index in [0.717, 1.165) is 25.0 Å². The molecule has 1 fully saturated rings. The molecule has 0 spiro atoms. The van der Waals surface area contributed by atoms with Crippen LogP contribution >= 0.6 is 0 Å². The highest BCUT2D eigenvalue weighted by molar-refractivity contribution is 5.48. The minimum atomic E-state index is -1.41. The lowest BCUT2D eigenvalue weighted by atomic mass is 9.97. The molecule has 1 saturated heterocycles. The number of anilines is 1. The predicted molar refractivity (Wildman–Crippen MR) is 65.2 cm³/mol. The Hall–Kier alpha value is -1.23. The van der Waals surface area contributed by atoms with Crippen molar-refractivity contribution in [3.8, 4) is 0 Å². The molecule has 0 radical (unpaired) electrons. The molecule has 1 aliphatic rings. The van der Waals surface area contributed by atoms with Gasteiger partial charge >= 0.3 is 0 Å². The summed E-state index contributed by atoms with van der Waals surface area (Å²) in [6, 6.07) is 2.72. The summed E-state index contributed by atoms with van der Waals surface area (Å²) in [4.78, 5) is 1.92. The fraction of sp³-hybridized carbons (Fsp3) is 0.538. The third-order valence-corrected chi connectivity index (χ3v) is 3.58. The molecule has 5 heteroatoms. The van der Waals surface area contributed by atoms with Crippen LogP contribution in [0.3, 0.4) is 0 Å². The quantitative estimate of drug-likeness (QED) is 0.820. The van der Waals surface area contributed by atoms with E-state index in [-0.39, 0.29) is 6.04 Å². The van der Waals surface area contributed by atoms with Gasteiger partial charge in [0.05, 0.1) is 0 Å². The van der Waals surface area contributed by atoms with Gasteiger partial charge in [-0.1, -0.05) is 0 Å². The van der Waals surface area contributed by atoms with Crippen LogP contribution in [0, 0.1) is 17.5 Å². The molecule has 1 aromatic rings. The Bertz CT molecular complexity index is 413. The third-order valence-electron chi connectivity index (χ3n) is 3.58. The lowest BCUT2D eigenvalue weighted by Gasteiger charge is -2.39. The van der Waals surface area contributed by atoms with E-state index in [9.17, 15) is 13.2 Å². The van der Waals surface area contributed by atoms with Gasteiger partial charge < -0.3 is 10.2 Å². The Morgan fingerprint density at radius 2 is 1.83 bits per heavy atom. The molecule has 1 heterocycles. The minimum absolute atomic E-state index is 0.167. The van der Waals surface area contributed by atoms with Gasteiger partial charge in [-0.15, -0.1) is 0 Å². The van der Waals surface area contributed by atoms with Crippen LogP contribution < -0.4 is 10.2 Å². The van der Waals surface area contributed by atoms with Gasteiger partial charge in [0, 0.05) is 36.4 Å². The molecule has 2 rings (SSSR count). The molecule has 2 nitrogen and oxygen atoms in total. The lowest BCUT2D eigenvalue weighted by molar-refractivity contribution is 0.385. The van der Waals surface area contributed by atoms with Crippen molar-refractivity contribution in [2.75, 3.05) is 18.5 Å². The average Bonchev–Trinajstić information content (AvgIpc) is 2.35. The molecular formula is C13H17F3N2. The molecule has 1 N–H and O–H groups in total. The molecule has 0 bridgehead atoms. The van der Waals surface area contributed by atoms with E-state index in [4.69, 9.17) is 0 Å². The second-order valence-electron chi connectivity index (χ2n) is 4.78. The molecule has 2 unspecified atom stereocenters. The summed E-state index contributed by atoms with van der Waals surface area (Å²) in [5.74, 6) is -3.67. The highest BCUT2D eigenvalue weighted by Gasteiger charge is 2.26. The number of hydrogen-bond acceptors (Lipinski definition) is 2. The Balaban J connectivity index is 2.22. The second-order valence-corrected chi connectivity index (χ2v) is 4.78. The van der Waals surface area contributed by atoms with Gasteiger partial charge in [0.1, 0.15) is 0 Å². The molecule has 2 atom stereocenters. The maximum absolute atomic E-state index is 13.2. The standard InChI is InChI=1S/C13H17F3N2/c1-8-5-9(17-2)3-4-18(8)10-6-11(14)13(16)12(15)7-10/h6-9,17H,3-5H2,1-2H3. The number of benzene rings is 1. The van der Waals surface area contributed by atoms with E-state index >= 15 is 0 Å². The molecule has 0 amide bonds. The first-order valence-electron chi connectivity index (χ1n) is 6.11. The summed E-state index contributed by atoms with van der Waals surface area (Å²) in [6.07, 6.45) is 1.80. The summed E-state index contributed by atoms with van der Waals surface area (Å²) in [5, 5.41) is 3.20. The zero-order valence-corrected chi connectivity index (χ0v) is 10.5. The van der Waals surface area contributed by atoms with Gasteiger partial charge in [-0.05, 0) is 26.8 Å². The summed E-state index contributed by atoms with van der Waals surface area (Å²) < 4.78 is 39.3. The van der Waals surface area contributed by atoms with Gasteiger partial charge in [0.15, 0.2) is 17.5 Å². The number of halogens is 3. The molecule has 0 aliphatic carbocycles. The van der Waals surface area contributed by atoms with Crippen LogP contribution in [0.2, 0.25) is 0 Å². The second kappa shape index (κ2) is 5.18. The van der Waals surface area contributed by atoms with Crippen LogP contribution in [-0.2, 0) is 0 Å². The van der Waals surface area contributed by atoms with E-state index < -0.39 is 17.5 Å². The van der Waals surface area contributed by atoms with Crippen LogP contribution in [0.1, 0.15) is 19.8 Å². The first-order valence-corrected chi connectivity index (χ1v) is 6.11. The Labute approximate surface area is 105 Å². The normalized spacial score (nSPS) is 24.4. The highest BCUT2D eigenvalue weighted by Crippen LogP contribution is 2.27. The Kier molecular flexibility index (Phi) is 3.80. The maximum atomic E-state index is 13.2. The number of nitrogens with zero attached hydrogens (tertiary/aromatic N) is 1. The van der Waals surface area contributed by atoms with Crippen molar-refractivity contribution in [2.24, 2.45) is 0 Å². The van der Waals surface area contributed by atoms with Crippen molar-refractivity contribution in [2.45, 2.75) is 31.8 Å². The monoisotopic (exact) mass is 258 g/mol. The van der Waals surface area contributed by atoms with Gasteiger partial charge in [0.2, 0.25) is 0 Å². The van der Waals surface area contributed by atoms with E-state index in [1.165, 1.54) is 0 Å². The van der Waals surface area contributed by atoms with E-state index in [1.807, 2.05) is 18.9 Å². The van der Waals surface area contributed by atoms with Crippen molar-refractivity contribution in [1.82, 2.24) is 5.32 Å². The largest absolute Gasteiger partial charge is 0.369 e. The molecule has 1 aliphatic heterocycles. The molecule has 100 valence electrons. The molecule has 0 aromatic heterocycles. The maximum Gasteiger partial charge on any atom is 0.194 e. The fourth-order valence-electron chi connectivity index (χ4n) is 2.53. The van der Waals surface area contributed by atoms with Crippen molar-refractivity contribution < 1.29 is 13.2 Å². The summed E-state index contributed by atoms with van der Waals surface area (Å²) in [6.45, 7) is 2.71. The van der Waals surface area contributed by atoms with Crippen molar-refractivity contribution in [3.05, 3.63) is 29.6 Å². The van der Waals surface area contributed by atoms with Crippen LogP contribution in [0.4, 0.5) is 18.9 Å². The van der Waals surface area contributed by atoms with Gasteiger partial charge in [-0.3, -0.25) is 0 Å². The van der Waals surface area contributed by atoms with Crippen LogP contribution in [-0.4, -0.2) is 25.7 Å². The number of nitrogens with one attached hydrogen (secondary N) is 1. The molecular weight excluding hydrogens is 241 g/mol. The van der Waals surface area contributed by atoms with Crippen LogP contribution in [0.5, 0.6) is 0 Å². The van der Waals surface area contributed by atoms with Crippen molar-refractivity contribution in [3.63, 3.8) is 0 Å². The number of hydrogen-bond donors (Lipinski definition) is 1. The topological polar surface area (TPSA) is 15.3 Å². The predicted octanol–water partition coefficient (Wildman–Crippen LogP) is 2.68. The van der Waals surface area contributed by atoms with Gasteiger partial charge in [0.25, 0.3) is 0 Å². The third kappa shape index (κ3) is 2.46. The fourth-order valence-corrected chi connectivity index (χ4v) is 2.53. The van der Waals surface area contributed by atoms with Crippen molar-refractivity contribution >= 4 is 5.69 Å². The molecule has 0 saturated carbocycles. The van der Waals surface area contributed by atoms with E-state index in [1.54, 1.807) is 0 Å². The van der Waals surface area contributed by atoms with E-state index in [0.29, 0.717) is 18.3 Å². The molecule has 18 heavy (non-hydrogen) atoms. The minimum Gasteiger partial charge on any atom is -0.369 e. The smallest absolute Gasteiger partial charge is 0.194 e. The number of piperidine rings is 1. The lowest BCUT2D eigenvalue weighted by Crippen LogP contribution is -2.46. The first kappa shape index (κ1) is 13.2. The van der Waals surface area contributed by atoms with Gasteiger partial charge in [-0.25, -0.2) is 13.2 Å². The van der Waals surface area contributed by atoms with E-state index in [2.05, 4.69) is 5.32 Å². The summed E-state index contributed by atoms with van der Waals surface area (Å²) in [7, 11) is 1.91. The Morgan fingerprint density at radius 3 is 2.33 bits per heavy atom. The van der Waals surface area contributed by atoms with Crippen LogP contribution in [0.15, 0.2) is 12.1 Å². The SMILES string of the molecule is CNC1CCN(c2cc(F)c(F)c(F)c2)C(C)C1. The average molecular weight is 258 g/mol. The zero-order chi connectivity index (χ0) is 13.3. The summed E-state index contributed by atoms with van der Waals surface area (Å²) >= 11 is 0. The molecule has 1 aromatic carbocycles. The van der Waals surface area contributed by atoms with Gasteiger partial charge in [-0.2, -0.15) is 0 Å². The zero-order valence-electron chi connectivity index (χ0n) is 10.5. The highest BCUT2D eigenvalue weighted by atomic mass is 19.2. The van der Waals surface area contributed by atoms with Crippen LogP contribution in [0.25, 0.3) is 0 Å².